The van der Waals surface area contributed by atoms with E-state index in [0.717, 1.165) is 11.3 Å². The number of nitrogens with one attached hydrogen (secondary N) is 2. The maximum absolute atomic E-state index is 12.9. The highest BCUT2D eigenvalue weighted by Gasteiger charge is 2.24. The van der Waals surface area contributed by atoms with E-state index in [4.69, 9.17) is 4.74 Å². The fraction of sp³-hybridized carbons (Fsp3) is 0.259. The van der Waals surface area contributed by atoms with Crippen molar-refractivity contribution in [2.45, 2.75) is 6.61 Å². The summed E-state index contributed by atoms with van der Waals surface area (Å²) in [5, 5.41) is 5.60. The number of carbonyl (C=O) groups is 3. The van der Waals surface area contributed by atoms with Gasteiger partial charge >= 0.3 is 0 Å². The predicted molar refractivity (Wildman–Crippen MR) is 137 cm³/mol. The molecule has 9 heteroatoms. The molecule has 1 aromatic heterocycles. The highest BCUT2D eigenvalue weighted by atomic mass is 16.5. The fourth-order valence-corrected chi connectivity index (χ4v) is 4.06. The molecule has 0 spiro atoms. The van der Waals surface area contributed by atoms with Crippen LogP contribution in [0, 0.1) is 0 Å². The Morgan fingerprint density at radius 3 is 2.28 bits per heavy atom. The molecule has 1 aliphatic rings. The smallest absolute Gasteiger partial charge is 0.257 e. The first-order valence-electron chi connectivity index (χ1n) is 11.7. The van der Waals surface area contributed by atoms with E-state index >= 15 is 0 Å². The van der Waals surface area contributed by atoms with Crippen molar-refractivity contribution < 1.29 is 19.1 Å². The summed E-state index contributed by atoms with van der Waals surface area (Å²) in [5.74, 6) is -0.629. The fourth-order valence-electron chi connectivity index (χ4n) is 4.06. The van der Waals surface area contributed by atoms with Crippen molar-refractivity contribution in [3.8, 4) is 0 Å². The summed E-state index contributed by atoms with van der Waals surface area (Å²) in [6.45, 7) is 2.58. The summed E-state index contributed by atoms with van der Waals surface area (Å²) >= 11 is 0. The van der Waals surface area contributed by atoms with Crippen molar-refractivity contribution in [2.75, 3.05) is 50.1 Å². The van der Waals surface area contributed by atoms with Gasteiger partial charge in [-0.2, -0.15) is 0 Å². The minimum absolute atomic E-state index is 0.0659. The molecule has 4 rings (SSSR count). The Balaban J connectivity index is 1.29. The lowest BCUT2D eigenvalue weighted by Gasteiger charge is -2.37. The molecular formula is C27H29N5O4. The molecular weight excluding hydrogens is 458 g/mol. The average Bonchev–Trinajstić information content (AvgIpc) is 2.93. The highest BCUT2D eigenvalue weighted by molar-refractivity contribution is 6.08. The van der Waals surface area contributed by atoms with Crippen LogP contribution >= 0.6 is 0 Å². The molecule has 2 heterocycles. The maximum atomic E-state index is 12.9. The number of ether oxygens (including phenoxy) is 1. The van der Waals surface area contributed by atoms with Gasteiger partial charge in [-0.05, 0) is 42.0 Å². The maximum Gasteiger partial charge on any atom is 0.257 e. The number of hydrogen-bond acceptors (Lipinski definition) is 6. The highest BCUT2D eigenvalue weighted by Crippen LogP contribution is 2.23. The lowest BCUT2D eigenvalue weighted by molar-refractivity contribution is -0.130. The molecule has 0 aliphatic carbocycles. The zero-order valence-electron chi connectivity index (χ0n) is 20.1. The number of rotatable bonds is 8. The molecule has 9 nitrogen and oxygen atoms in total. The largest absolute Gasteiger partial charge is 0.380 e. The van der Waals surface area contributed by atoms with E-state index in [0.29, 0.717) is 49.6 Å². The van der Waals surface area contributed by atoms with Crippen molar-refractivity contribution in [1.29, 1.82) is 0 Å². The Hall–Kier alpha value is -4.24. The third kappa shape index (κ3) is 6.25. The molecule has 3 amide bonds. The predicted octanol–water partition coefficient (Wildman–Crippen LogP) is 2.56. The van der Waals surface area contributed by atoms with E-state index < -0.39 is 0 Å². The number of nitrogens with zero attached hydrogens (tertiary/aromatic N) is 3. The van der Waals surface area contributed by atoms with Crippen LogP contribution in [0.1, 0.15) is 26.3 Å². The molecule has 0 radical (unpaired) electrons. The summed E-state index contributed by atoms with van der Waals surface area (Å²) in [4.78, 5) is 45.8. The van der Waals surface area contributed by atoms with Crippen LogP contribution in [0.4, 0.5) is 11.4 Å². The number of carbonyl (C=O) groups excluding carboxylic acids is 3. The second-order valence-corrected chi connectivity index (χ2v) is 8.39. The Kier molecular flexibility index (Phi) is 8.25. The minimum atomic E-state index is -0.292. The van der Waals surface area contributed by atoms with Crippen LogP contribution in [0.3, 0.4) is 0 Å². The van der Waals surface area contributed by atoms with Gasteiger partial charge in [0.2, 0.25) is 5.91 Å². The Bertz CT molecular complexity index is 1190. The first-order chi connectivity index (χ1) is 17.5. The zero-order valence-corrected chi connectivity index (χ0v) is 20.1. The average molecular weight is 488 g/mol. The monoisotopic (exact) mass is 487 g/mol. The molecule has 0 saturated carbocycles. The number of anilines is 2. The van der Waals surface area contributed by atoms with Gasteiger partial charge in [0.1, 0.15) is 0 Å². The van der Waals surface area contributed by atoms with Gasteiger partial charge in [-0.3, -0.25) is 19.4 Å². The number of pyridine rings is 1. The Morgan fingerprint density at radius 1 is 0.889 bits per heavy atom. The van der Waals surface area contributed by atoms with Crippen LogP contribution < -0.4 is 15.5 Å². The van der Waals surface area contributed by atoms with Gasteiger partial charge in [-0.15, -0.1) is 0 Å². The normalized spacial score (nSPS) is 13.2. The molecule has 36 heavy (non-hydrogen) atoms. The van der Waals surface area contributed by atoms with Crippen LogP contribution in [-0.4, -0.2) is 67.4 Å². The number of hydrogen-bond donors (Lipinski definition) is 2. The summed E-state index contributed by atoms with van der Waals surface area (Å²) in [5.41, 5.74) is 3.53. The SMILES string of the molecule is COCc1ccc(C(=O)NCC(=O)N2CCN(c3ccccc3C(=O)Nc3ccncc3)CC2)cc1. The molecule has 1 saturated heterocycles. The second kappa shape index (κ2) is 11.9. The quantitative estimate of drug-likeness (QED) is 0.506. The topological polar surface area (TPSA) is 104 Å². The molecule has 0 bridgehead atoms. The molecule has 2 aromatic carbocycles. The molecule has 2 N–H and O–H groups in total. The Labute approximate surface area is 210 Å². The third-order valence-corrected chi connectivity index (χ3v) is 5.99. The van der Waals surface area contributed by atoms with Gasteiger partial charge in [-0.1, -0.05) is 24.3 Å². The van der Waals surface area contributed by atoms with Gasteiger partial charge in [0, 0.05) is 62.6 Å². The summed E-state index contributed by atoms with van der Waals surface area (Å²) in [6, 6.07) is 18.0. The van der Waals surface area contributed by atoms with E-state index in [1.54, 1.807) is 54.7 Å². The van der Waals surface area contributed by atoms with Crippen molar-refractivity contribution in [3.63, 3.8) is 0 Å². The van der Waals surface area contributed by atoms with Crippen LogP contribution in [0.15, 0.2) is 73.1 Å². The van der Waals surface area contributed by atoms with E-state index in [9.17, 15) is 14.4 Å². The first kappa shape index (κ1) is 24.9. The summed E-state index contributed by atoms with van der Waals surface area (Å²) in [6.07, 6.45) is 3.25. The van der Waals surface area contributed by atoms with Crippen LogP contribution in [-0.2, 0) is 16.1 Å². The van der Waals surface area contributed by atoms with Crippen molar-refractivity contribution in [3.05, 3.63) is 89.7 Å². The third-order valence-electron chi connectivity index (χ3n) is 5.99. The molecule has 0 unspecified atom stereocenters. The van der Waals surface area contributed by atoms with Gasteiger partial charge in [0.15, 0.2) is 0 Å². The number of aromatic nitrogens is 1. The van der Waals surface area contributed by atoms with E-state index in [1.807, 2.05) is 30.3 Å². The van der Waals surface area contributed by atoms with E-state index in [1.165, 1.54) is 0 Å². The number of para-hydroxylation sites is 1. The zero-order chi connectivity index (χ0) is 25.3. The summed E-state index contributed by atoms with van der Waals surface area (Å²) < 4.78 is 5.08. The number of benzene rings is 2. The van der Waals surface area contributed by atoms with Crippen molar-refractivity contribution in [2.24, 2.45) is 0 Å². The molecule has 1 fully saturated rings. The van der Waals surface area contributed by atoms with Gasteiger partial charge in [0.05, 0.1) is 18.7 Å². The number of piperazine rings is 1. The Morgan fingerprint density at radius 2 is 1.58 bits per heavy atom. The number of amides is 3. The lowest BCUT2D eigenvalue weighted by Crippen LogP contribution is -2.51. The first-order valence-corrected chi connectivity index (χ1v) is 11.7. The lowest BCUT2D eigenvalue weighted by atomic mass is 10.1. The number of methoxy groups -OCH3 is 1. The summed E-state index contributed by atoms with van der Waals surface area (Å²) in [7, 11) is 1.62. The second-order valence-electron chi connectivity index (χ2n) is 8.39. The van der Waals surface area contributed by atoms with E-state index in [-0.39, 0.29) is 24.3 Å². The van der Waals surface area contributed by atoms with Crippen molar-refractivity contribution >= 4 is 29.1 Å². The molecule has 186 valence electrons. The van der Waals surface area contributed by atoms with E-state index in [2.05, 4.69) is 20.5 Å². The minimum Gasteiger partial charge on any atom is -0.380 e. The molecule has 1 aliphatic heterocycles. The van der Waals surface area contributed by atoms with Gasteiger partial charge < -0.3 is 25.2 Å². The van der Waals surface area contributed by atoms with Crippen LogP contribution in [0.2, 0.25) is 0 Å². The van der Waals surface area contributed by atoms with Crippen LogP contribution in [0.25, 0.3) is 0 Å². The molecule has 3 aromatic rings. The van der Waals surface area contributed by atoms with Gasteiger partial charge in [-0.25, -0.2) is 0 Å². The molecule has 0 atom stereocenters. The van der Waals surface area contributed by atoms with Crippen molar-refractivity contribution in [1.82, 2.24) is 15.2 Å². The van der Waals surface area contributed by atoms with Crippen LogP contribution in [0.5, 0.6) is 0 Å². The van der Waals surface area contributed by atoms with Gasteiger partial charge in [0.25, 0.3) is 11.8 Å². The standard InChI is InChI=1S/C27H29N5O4/c1-36-19-20-6-8-21(9-7-20)26(34)29-18-25(33)32-16-14-31(15-17-32)24-5-3-2-4-23(24)27(35)30-22-10-12-28-13-11-22/h2-13H,14-19H2,1H3,(H,29,34)(H,28,30,35).